The first kappa shape index (κ1) is 31.5. The van der Waals surface area contributed by atoms with Crippen LogP contribution in [0.2, 0.25) is 0 Å². The Balaban J connectivity index is 0.000000212. The number of nitrogens with two attached hydrogens (primary N) is 1. The number of aryl methyl sites for hydroxylation is 2. The standard InChI is InChI=1S/C15H12BrNS.C7H7Br.C7H9NS.CO2/c1-10-2-7-13-14(8-10)18-15(17-13)12-5-3-11(9-16)4-6-12;8-6-7-4-2-1-3-5-7;1-5-2-3-6(8)7(9)4-5;2-1-3/h2-8H,9H2,1H3;1-5H,6H2;2-4,9H,8H2,1H3;. The third kappa shape index (κ3) is 10.6. The van der Waals surface area contributed by atoms with Gasteiger partial charge in [-0.05, 0) is 60.4 Å². The van der Waals surface area contributed by atoms with Gasteiger partial charge in [-0.2, -0.15) is 9.59 Å². The van der Waals surface area contributed by atoms with E-state index in [-0.39, 0.29) is 6.15 Å². The summed E-state index contributed by atoms with van der Waals surface area (Å²) < 4.78 is 1.26. The van der Waals surface area contributed by atoms with E-state index < -0.39 is 0 Å². The number of alkyl halides is 2. The lowest BCUT2D eigenvalue weighted by Gasteiger charge is -1.97. The minimum absolute atomic E-state index is 0.250. The zero-order valence-corrected chi connectivity index (χ0v) is 25.9. The van der Waals surface area contributed by atoms with Gasteiger partial charge in [-0.1, -0.05) is 98.6 Å². The largest absolute Gasteiger partial charge is 0.398 e. The first-order valence-corrected chi connectivity index (χ1v) is 15.0. The SMILES string of the molecule is BrCc1ccccc1.Cc1ccc(N)c(S)c1.Cc1ccc2nc(-c3ccc(CBr)cc3)sc2c1.O=C=O. The maximum Gasteiger partial charge on any atom is 0.373 e. The Morgan fingerprint density at radius 3 is 1.89 bits per heavy atom. The average molecular weight is 673 g/mol. The number of thiazole rings is 1. The van der Waals surface area contributed by atoms with Crippen molar-refractivity contribution < 1.29 is 9.59 Å². The quantitative estimate of drug-likeness (QED) is 0.114. The molecule has 5 rings (SSSR count). The Morgan fingerprint density at radius 1 is 0.816 bits per heavy atom. The fourth-order valence-corrected chi connectivity index (χ4v) is 5.21. The van der Waals surface area contributed by atoms with Gasteiger partial charge >= 0.3 is 6.15 Å². The minimum Gasteiger partial charge on any atom is -0.398 e. The summed E-state index contributed by atoms with van der Waals surface area (Å²) in [6.45, 7) is 4.13. The molecule has 0 spiro atoms. The highest BCUT2D eigenvalue weighted by Crippen LogP contribution is 2.30. The van der Waals surface area contributed by atoms with Gasteiger partial charge < -0.3 is 5.73 Å². The zero-order chi connectivity index (χ0) is 27.9. The summed E-state index contributed by atoms with van der Waals surface area (Å²) in [7, 11) is 0. The first-order chi connectivity index (χ1) is 18.3. The normalized spacial score (nSPS) is 9.61. The van der Waals surface area contributed by atoms with Gasteiger partial charge in [-0.3, -0.25) is 0 Å². The lowest BCUT2D eigenvalue weighted by Crippen LogP contribution is -1.85. The number of nitrogen functional groups attached to an aromatic ring is 1. The van der Waals surface area contributed by atoms with E-state index in [1.54, 1.807) is 11.3 Å². The summed E-state index contributed by atoms with van der Waals surface area (Å²) in [6, 6.07) is 31.0. The molecule has 0 saturated carbocycles. The predicted octanol–water partition coefficient (Wildman–Crippen LogP) is 9.03. The molecular formula is C30H28Br2N2O2S2. The minimum atomic E-state index is 0.250. The molecule has 4 nitrogen and oxygen atoms in total. The Labute approximate surface area is 250 Å². The first-order valence-electron chi connectivity index (χ1n) is 11.5. The van der Waals surface area contributed by atoms with E-state index in [9.17, 15) is 0 Å². The van der Waals surface area contributed by atoms with E-state index in [2.05, 4.69) is 111 Å². The molecule has 1 aromatic heterocycles. The number of benzene rings is 4. The highest BCUT2D eigenvalue weighted by Gasteiger charge is 2.06. The van der Waals surface area contributed by atoms with E-state index in [1.807, 2.05) is 43.3 Å². The molecular weight excluding hydrogens is 644 g/mol. The molecule has 8 heteroatoms. The maximum atomic E-state index is 8.12. The lowest BCUT2D eigenvalue weighted by molar-refractivity contribution is -0.191. The fraction of sp³-hybridized carbons (Fsp3) is 0.133. The Hall–Kier alpha value is -2.74. The second-order valence-electron chi connectivity index (χ2n) is 8.09. The van der Waals surface area contributed by atoms with Crippen LogP contribution in [0.4, 0.5) is 5.69 Å². The van der Waals surface area contributed by atoms with Crippen LogP contribution in [0.25, 0.3) is 20.8 Å². The van der Waals surface area contributed by atoms with Crippen LogP contribution in [0, 0.1) is 13.8 Å². The predicted molar refractivity (Wildman–Crippen MR) is 169 cm³/mol. The van der Waals surface area contributed by atoms with Gasteiger partial charge in [0.1, 0.15) is 5.01 Å². The summed E-state index contributed by atoms with van der Waals surface area (Å²) in [5.41, 5.74) is 13.6. The van der Waals surface area contributed by atoms with Crippen LogP contribution in [0.3, 0.4) is 0 Å². The van der Waals surface area contributed by atoms with Gasteiger partial charge in [0, 0.05) is 26.8 Å². The summed E-state index contributed by atoms with van der Waals surface area (Å²) in [4.78, 5) is 21.8. The molecule has 0 amide bonds. The van der Waals surface area contributed by atoms with Crippen molar-refractivity contribution >= 4 is 77.9 Å². The molecule has 0 aliphatic heterocycles. The lowest BCUT2D eigenvalue weighted by atomic mass is 10.2. The van der Waals surface area contributed by atoms with Crippen LogP contribution < -0.4 is 5.73 Å². The summed E-state index contributed by atoms with van der Waals surface area (Å²) >= 11 is 12.7. The molecule has 4 aromatic carbocycles. The highest BCUT2D eigenvalue weighted by atomic mass is 79.9. The summed E-state index contributed by atoms with van der Waals surface area (Å²) in [6.07, 6.45) is 0.250. The van der Waals surface area contributed by atoms with Crippen LogP contribution in [0.1, 0.15) is 22.3 Å². The van der Waals surface area contributed by atoms with Crippen molar-refractivity contribution in [3.05, 3.63) is 113 Å². The van der Waals surface area contributed by atoms with E-state index in [0.717, 1.165) is 31.8 Å². The number of halogens is 2. The molecule has 0 saturated heterocycles. The molecule has 0 aliphatic rings. The Bertz CT molecular complexity index is 1450. The fourth-order valence-electron chi connectivity index (χ4n) is 3.11. The molecule has 196 valence electrons. The number of rotatable bonds is 3. The molecule has 0 fully saturated rings. The van der Waals surface area contributed by atoms with Crippen molar-refractivity contribution in [2.45, 2.75) is 29.4 Å². The number of hydrogen-bond acceptors (Lipinski definition) is 6. The number of anilines is 1. The molecule has 0 bridgehead atoms. The maximum absolute atomic E-state index is 8.12. The van der Waals surface area contributed by atoms with Crippen LogP contribution >= 0.6 is 55.8 Å². The summed E-state index contributed by atoms with van der Waals surface area (Å²) in [5, 5.41) is 2.94. The summed E-state index contributed by atoms with van der Waals surface area (Å²) in [5.74, 6) is 0. The smallest absolute Gasteiger partial charge is 0.373 e. The van der Waals surface area contributed by atoms with Gasteiger partial charge in [0.05, 0.1) is 10.2 Å². The zero-order valence-electron chi connectivity index (χ0n) is 21.0. The van der Waals surface area contributed by atoms with Crippen molar-refractivity contribution in [2.24, 2.45) is 0 Å². The van der Waals surface area contributed by atoms with Gasteiger partial charge in [0.15, 0.2) is 0 Å². The van der Waals surface area contributed by atoms with Crippen LogP contribution in [0.15, 0.2) is 95.9 Å². The van der Waals surface area contributed by atoms with E-state index >= 15 is 0 Å². The molecule has 5 aromatic rings. The highest BCUT2D eigenvalue weighted by molar-refractivity contribution is 9.08. The number of thiol groups is 1. The van der Waals surface area contributed by atoms with E-state index in [4.69, 9.17) is 15.3 Å². The van der Waals surface area contributed by atoms with Crippen molar-refractivity contribution in [1.82, 2.24) is 4.98 Å². The van der Waals surface area contributed by atoms with Gasteiger partial charge in [-0.25, -0.2) is 4.98 Å². The number of fused-ring (bicyclic) bond motifs is 1. The Morgan fingerprint density at radius 2 is 1.37 bits per heavy atom. The van der Waals surface area contributed by atoms with Crippen LogP contribution in [-0.4, -0.2) is 11.1 Å². The number of nitrogens with zero attached hydrogens (tertiary/aromatic N) is 1. The number of carbonyl (C=O) groups excluding carboxylic acids is 2. The molecule has 0 unspecified atom stereocenters. The Kier molecular flexibility index (Phi) is 14.1. The molecule has 2 N–H and O–H groups in total. The molecule has 0 atom stereocenters. The third-order valence-corrected chi connectivity index (χ3v) is 7.83. The van der Waals surface area contributed by atoms with Gasteiger partial charge in [-0.15, -0.1) is 24.0 Å². The second kappa shape index (κ2) is 17.0. The van der Waals surface area contributed by atoms with Crippen molar-refractivity contribution in [3.8, 4) is 10.6 Å². The molecule has 38 heavy (non-hydrogen) atoms. The molecule has 0 radical (unpaired) electrons. The molecule has 0 aliphatic carbocycles. The van der Waals surface area contributed by atoms with Crippen LogP contribution in [-0.2, 0) is 20.2 Å². The van der Waals surface area contributed by atoms with E-state index in [0.29, 0.717) is 0 Å². The average Bonchev–Trinajstić information content (AvgIpc) is 3.36. The van der Waals surface area contributed by atoms with Gasteiger partial charge in [0.25, 0.3) is 0 Å². The second-order valence-corrected chi connectivity index (χ2v) is 10.7. The van der Waals surface area contributed by atoms with Gasteiger partial charge in [0.2, 0.25) is 0 Å². The third-order valence-electron chi connectivity index (χ3n) is 5.08. The van der Waals surface area contributed by atoms with Crippen LogP contribution in [0.5, 0.6) is 0 Å². The molecule has 1 heterocycles. The van der Waals surface area contributed by atoms with E-state index in [1.165, 1.54) is 32.5 Å². The monoisotopic (exact) mass is 670 g/mol. The van der Waals surface area contributed by atoms with Crippen molar-refractivity contribution in [3.63, 3.8) is 0 Å². The number of hydrogen-bond donors (Lipinski definition) is 2. The topological polar surface area (TPSA) is 73.0 Å². The van der Waals surface area contributed by atoms with Crippen molar-refractivity contribution in [2.75, 3.05) is 5.73 Å². The van der Waals surface area contributed by atoms with Crippen molar-refractivity contribution in [1.29, 1.82) is 0 Å². The number of aromatic nitrogens is 1.